The zero-order chi connectivity index (χ0) is 19.9. The van der Waals surface area contributed by atoms with Gasteiger partial charge in [0.15, 0.2) is 11.5 Å². The van der Waals surface area contributed by atoms with Crippen LogP contribution in [-0.4, -0.2) is 47.9 Å². The maximum absolute atomic E-state index is 12.6. The summed E-state index contributed by atoms with van der Waals surface area (Å²) in [6, 6.07) is 5.57. The van der Waals surface area contributed by atoms with E-state index in [9.17, 15) is 4.79 Å². The third-order valence-corrected chi connectivity index (χ3v) is 5.02. The lowest BCUT2D eigenvalue weighted by molar-refractivity contribution is 0.141. The molecule has 0 saturated heterocycles. The molecule has 1 heterocycles. The van der Waals surface area contributed by atoms with E-state index in [0.29, 0.717) is 36.3 Å². The molecule has 1 aromatic heterocycles. The van der Waals surface area contributed by atoms with Crippen LogP contribution in [0.15, 0.2) is 22.7 Å². The summed E-state index contributed by atoms with van der Waals surface area (Å²) in [4.78, 5) is 18.9. The van der Waals surface area contributed by atoms with Crippen molar-refractivity contribution in [2.24, 2.45) is 0 Å². The number of nitrogens with zero attached hydrogens (tertiary/aromatic N) is 3. The Labute approximate surface area is 165 Å². The van der Waals surface area contributed by atoms with Crippen LogP contribution in [0.4, 0.5) is 4.79 Å². The molecule has 1 aromatic carbocycles. The Morgan fingerprint density at radius 2 is 1.96 bits per heavy atom. The van der Waals surface area contributed by atoms with Gasteiger partial charge in [-0.3, -0.25) is 0 Å². The van der Waals surface area contributed by atoms with Gasteiger partial charge in [-0.2, -0.15) is 4.98 Å². The predicted molar refractivity (Wildman–Crippen MR) is 104 cm³/mol. The van der Waals surface area contributed by atoms with Gasteiger partial charge in [0.2, 0.25) is 11.7 Å². The molecule has 1 aliphatic rings. The van der Waals surface area contributed by atoms with Gasteiger partial charge in [0, 0.05) is 18.2 Å². The number of carbonyl (C=O) groups excluding carboxylic acids is 1. The van der Waals surface area contributed by atoms with E-state index in [1.165, 1.54) is 6.42 Å². The molecule has 0 atom stereocenters. The van der Waals surface area contributed by atoms with E-state index < -0.39 is 0 Å². The Morgan fingerprint density at radius 3 is 2.64 bits per heavy atom. The minimum atomic E-state index is -0.0831. The first-order chi connectivity index (χ1) is 13.7. The first-order valence-electron chi connectivity index (χ1n) is 9.75. The second-order valence-electron chi connectivity index (χ2n) is 6.84. The molecule has 2 amide bonds. The number of amides is 2. The predicted octanol–water partition coefficient (Wildman–Crippen LogP) is 3.62. The van der Waals surface area contributed by atoms with Gasteiger partial charge < -0.3 is 24.2 Å². The summed E-state index contributed by atoms with van der Waals surface area (Å²) < 4.78 is 16.0. The molecule has 0 bridgehead atoms. The lowest BCUT2D eigenvalue weighted by Gasteiger charge is -2.33. The number of urea groups is 1. The van der Waals surface area contributed by atoms with Crippen molar-refractivity contribution in [2.75, 3.05) is 20.8 Å². The SMILES string of the molecule is CCNC(=O)N(Cc1nc(-c2ccc(OC)c(OC)c2)no1)C1CCCCC1. The quantitative estimate of drug-likeness (QED) is 0.779. The van der Waals surface area contributed by atoms with Crippen molar-refractivity contribution in [3.63, 3.8) is 0 Å². The smallest absolute Gasteiger partial charge is 0.318 e. The average Bonchev–Trinajstić information content (AvgIpc) is 3.21. The van der Waals surface area contributed by atoms with Crippen molar-refractivity contribution in [3.05, 3.63) is 24.1 Å². The highest BCUT2D eigenvalue weighted by Crippen LogP contribution is 2.31. The van der Waals surface area contributed by atoms with Gasteiger partial charge in [-0.1, -0.05) is 24.4 Å². The molecule has 1 N–H and O–H groups in total. The van der Waals surface area contributed by atoms with E-state index in [1.807, 2.05) is 17.9 Å². The molecular formula is C20H28N4O4. The van der Waals surface area contributed by atoms with Crippen LogP contribution >= 0.6 is 0 Å². The molecule has 3 rings (SSSR count). The van der Waals surface area contributed by atoms with Gasteiger partial charge in [0.1, 0.15) is 6.54 Å². The normalized spacial score (nSPS) is 14.5. The van der Waals surface area contributed by atoms with Crippen molar-refractivity contribution in [2.45, 2.75) is 51.6 Å². The van der Waals surface area contributed by atoms with Crippen molar-refractivity contribution in [3.8, 4) is 22.9 Å². The largest absolute Gasteiger partial charge is 0.493 e. The van der Waals surface area contributed by atoms with Crippen LogP contribution < -0.4 is 14.8 Å². The molecule has 8 nitrogen and oxygen atoms in total. The average molecular weight is 388 g/mol. The van der Waals surface area contributed by atoms with Crippen molar-refractivity contribution in [1.82, 2.24) is 20.4 Å². The second kappa shape index (κ2) is 9.43. The first-order valence-corrected chi connectivity index (χ1v) is 9.75. The first kappa shape index (κ1) is 20.0. The number of ether oxygens (including phenoxy) is 2. The Hall–Kier alpha value is -2.77. The van der Waals surface area contributed by atoms with Crippen LogP contribution in [0.1, 0.15) is 44.9 Å². The van der Waals surface area contributed by atoms with Gasteiger partial charge in [-0.15, -0.1) is 0 Å². The summed E-state index contributed by atoms with van der Waals surface area (Å²) in [5, 5.41) is 6.98. The Balaban J connectivity index is 1.78. The number of hydrogen-bond acceptors (Lipinski definition) is 6. The number of nitrogens with one attached hydrogen (secondary N) is 1. The summed E-state index contributed by atoms with van der Waals surface area (Å²) in [7, 11) is 3.17. The van der Waals surface area contributed by atoms with E-state index >= 15 is 0 Å². The molecule has 1 aliphatic carbocycles. The van der Waals surface area contributed by atoms with E-state index in [2.05, 4.69) is 15.5 Å². The maximum atomic E-state index is 12.6. The van der Waals surface area contributed by atoms with Crippen LogP contribution in [0.5, 0.6) is 11.5 Å². The van der Waals surface area contributed by atoms with Crippen molar-refractivity contribution >= 4 is 6.03 Å². The summed E-state index contributed by atoms with van der Waals surface area (Å²) in [5.74, 6) is 2.10. The van der Waals surface area contributed by atoms with Crippen LogP contribution in [-0.2, 0) is 6.54 Å². The van der Waals surface area contributed by atoms with E-state index in [-0.39, 0.29) is 12.1 Å². The lowest BCUT2D eigenvalue weighted by Crippen LogP contribution is -2.46. The van der Waals surface area contributed by atoms with E-state index in [1.54, 1.807) is 26.4 Å². The highest BCUT2D eigenvalue weighted by molar-refractivity contribution is 5.74. The van der Waals surface area contributed by atoms with Gasteiger partial charge in [0.05, 0.1) is 14.2 Å². The topological polar surface area (TPSA) is 89.7 Å². The fourth-order valence-corrected chi connectivity index (χ4v) is 3.57. The highest BCUT2D eigenvalue weighted by atomic mass is 16.5. The third kappa shape index (κ3) is 4.55. The molecule has 2 aromatic rings. The molecule has 1 saturated carbocycles. The Morgan fingerprint density at radius 1 is 1.21 bits per heavy atom. The Kier molecular flexibility index (Phi) is 6.73. The molecule has 8 heteroatoms. The Bertz CT molecular complexity index is 786. The van der Waals surface area contributed by atoms with Crippen LogP contribution in [0.25, 0.3) is 11.4 Å². The number of carbonyl (C=O) groups is 1. The van der Waals surface area contributed by atoms with Crippen molar-refractivity contribution < 1.29 is 18.8 Å². The standard InChI is InChI=1S/C20H28N4O4/c1-4-21-20(25)24(15-8-6-5-7-9-15)13-18-22-19(23-28-18)14-10-11-16(26-2)17(12-14)27-3/h10-12,15H,4-9,13H2,1-3H3,(H,21,25). The minimum Gasteiger partial charge on any atom is -0.493 e. The number of aromatic nitrogens is 2. The summed E-state index contributed by atoms with van der Waals surface area (Å²) in [6.07, 6.45) is 5.52. The zero-order valence-electron chi connectivity index (χ0n) is 16.7. The van der Waals surface area contributed by atoms with Gasteiger partial charge in [-0.05, 0) is 38.0 Å². The molecule has 0 spiro atoms. The number of methoxy groups -OCH3 is 2. The summed E-state index contributed by atoms with van der Waals surface area (Å²) >= 11 is 0. The summed E-state index contributed by atoms with van der Waals surface area (Å²) in [5.41, 5.74) is 0.759. The molecular weight excluding hydrogens is 360 g/mol. The van der Waals surface area contributed by atoms with Crippen LogP contribution in [0.2, 0.25) is 0 Å². The molecule has 1 fully saturated rings. The second-order valence-corrected chi connectivity index (χ2v) is 6.84. The fourth-order valence-electron chi connectivity index (χ4n) is 3.57. The number of benzene rings is 1. The van der Waals surface area contributed by atoms with Gasteiger partial charge in [0.25, 0.3) is 0 Å². The monoisotopic (exact) mass is 388 g/mol. The van der Waals surface area contributed by atoms with Crippen LogP contribution in [0.3, 0.4) is 0 Å². The maximum Gasteiger partial charge on any atom is 0.318 e. The molecule has 152 valence electrons. The van der Waals surface area contributed by atoms with E-state index in [0.717, 1.165) is 31.2 Å². The molecule has 0 unspecified atom stereocenters. The zero-order valence-corrected chi connectivity index (χ0v) is 16.7. The fraction of sp³-hybridized carbons (Fsp3) is 0.550. The minimum absolute atomic E-state index is 0.0831. The number of hydrogen-bond donors (Lipinski definition) is 1. The third-order valence-electron chi connectivity index (χ3n) is 5.02. The van der Waals surface area contributed by atoms with Crippen LogP contribution in [0, 0.1) is 0 Å². The lowest BCUT2D eigenvalue weighted by atomic mass is 9.94. The molecule has 28 heavy (non-hydrogen) atoms. The van der Waals surface area contributed by atoms with E-state index in [4.69, 9.17) is 14.0 Å². The van der Waals surface area contributed by atoms with Crippen molar-refractivity contribution in [1.29, 1.82) is 0 Å². The summed E-state index contributed by atoms with van der Waals surface area (Å²) in [6.45, 7) is 2.80. The van der Waals surface area contributed by atoms with Gasteiger partial charge >= 0.3 is 6.03 Å². The molecule has 0 aliphatic heterocycles. The van der Waals surface area contributed by atoms with Gasteiger partial charge in [-0.25, -0.2) is 4.79 Å². The number of rotatable bonds is 7. The molecule has 0 radical (unpaired) electrons. The highest BCUT2D eigenvalue weighted by Gasteiger charge is 2.27.